The van der Waals surface area contributed by atoms with Crippen LogP contribution in [-0.2, 0) is 28.6 Å². The third-order valence-electron chi connectivity index (χ3n) is 11.6. The lowest BCUT2D eigenvalue weighted by Crippen LogP contribution is -2.30. The Balaban J connectivity index is 4.46. The van der Waals surface area contributed by atoms with Gasteiger partial charge in [0.05, 0.1) is 0 Å². The van der Waals surface area contributed by atoms with Crippen LogP contribution in [0, 0.1) is 0 Å². The normalized spacial score (nSPS) is 13.1. The van der Waals surface area contributed by atoms with Gasteiger partial charge in [0.1, 0.15) is 13.2 Å². The molecule has 0 aromatic heterocycles. The molecular weight excluding hydrogens is 877 g/mol. The second kappa shape index (κ2) is 58.1. The summed E-state index contributed by atoms with van der Waals surface area (Å²) in [5.74, 6) is -0.973. The number of allylic oxidation sites excluding steroid dienone is 22. The van der Waals surface area contributed by atoms with Crippen molar-refractivity contribution in [2.45, 2.75) is 245 Å². The highest BCUT2D eigenvalue weighted by Gasteiger charge is 2.19. The molecule has 0 rings (SSSR count). The molecule has 0 aliphatic heterocycles. The largest absolute Gasteiger partial charge is 0.462 e. The summed E-state index contributed by atoms with van der Waals surface area (Å²) in [4.78, 5) is 38.1. The van der Waals surface area contributed by atoms with Crippen molar-refractivity contribution in [2.75, 3.05) is 13.2 Å². The van der Waals surface area contributed by atoms with Crippen LogP contribution in [-0.4, -0.2) is 37.2 Å². The molecule has 0 bridgehead atoms. The Hall–Kier alpha value is -4.45. The number of carbonyl (C=O) groups excluding carboxylic acids is 3. The summed E-state index contributed by atoms with van der Waals surface area (Å²) in [5, 5.41) is 0. The van der Waals surface area contributed by atoms with Gasteiger partial charge < -0.3 is 14.2 Å². The van der Waals surface area contributed by atoms with Crippen molar-refractivity contribution in [1.29, 1.82) is 0 Å². The average molecular weight is 982 g/mol. The summed E-state index contributed by atoms with van der Waals surface area (Å²) < 4.78 is 16.8. The van der Waals surface area contributed by atoms with Gasteiger partial charge in [0, 0.05) is 19.3 Å². The first-order valence-electron chi connectivity index (χ1n) is 28.7. The highest BCUT2D eigenvalue weighted by atomic mass is 16.6. The van der Waals surface area contributed by atoms with E-state index >= 15 is 0 Å². The molecule has 400 valence electrons. The molecule has 0 saturated carbocycles. The maximum Gasteiger partial charge on any atom is 0.306 e. The maximum atomic E-state index is 12.8. The quantitative estimate of drug-likeness (QED) is 0.0262. The summed E-state index contributed by atoms with van der Waals surface area (Å²) >= 11 is 0. The fourth-order valence-corrected chi connectivity index (χ4v) is 7.31. The average Bonchev–Trinajstić information content (AvgIpc) is 3.37. The van der Waals surface area contributed by atoms with E-state index < -0.39 is 6.10 Å². The van der Waals surface area contributed by atoms with E-state index in [0.717, 1.165) is 167 Å². The molecule has 0 aliphatic rings. The number of carbonyl (C=O) groups is 3. The highest BCUT2D eigenvalue weighted by Crippen LogP contribution is 2.13. The molecule has 0 amide bonds. The topological polar surface area (TPSA) is 78.9 Å². The zero-order chi connectivity index (χ0) is 51.4. The Labute approximate surface area is 436 Å². The Morgan fingerprint density at radius 3 is 0.930 bits per heavy atom. The third kappa shape index (κ3) is 56.3. The highest BCUT2D eigenvalue weighted by molar-refractivity contribution is 5.71. The van der Waals surface area contributed by atoms with Gasteiger partial charge in [0.15, 0.2) is 6.10 Å². The van der Waals surface area contributed by atoms with Crippen LogP contribution < -0.4 is 0 Å². The monoisotopic (exact) mass is 981 g/mol. The van der Waals surface area contributed by atoms with E-state index in [-0.39, 0.29) is 31.1 Å². The smallest absolute Gasteiger partial charge is 0.306 e. The molecule has 6 nitrogen and oxygen atoms in total. The molecule has 0 heterocycles. The first-order chi connectivity index (χ1) is 35.0. The van der Waals surface area contributed by atoms with Gasteiger partial charge in [-0.2, -0.15) is 0 Å². The molecule has 0 aromatic carbocycles. The lowest BCUT2D eigenvalue weighted by molar-refractivity contribution is -0.167. The molecule has 0 saturated heterocycles. The molecule has 0 aromatic rings. The van der Waals surface area contributed by atoms with Gasteiger partial charge >= 0.3 is 17.9 Å². The minimum Gasteiger partial charge on any atom is -0.462 e. The first-order valence-corrected chi connectivity index (χ1v) is 28.7. The van der Waals surface area contributed by atoms with Gasteiger partial charge in [-0.05, 0) is 135 Å². The molecule has 0 fully saturated rings. The molecular formula is C65H104O6. The number of unbranched alkanes of at least 4 members (excludes halogenated alkanes) is 17. The van der Waals surface area contributed by atoms with Crippen LogP contribution in [0.1, 0.15) is 239 Å². The fourth-order valence-electron chi connectivity index (χ4n) is 7.31. The zero-order valence-corrected chi connectivity index (χ0v) is 45.7. The Morgan fingerprint density at radius 2 is 0.577 bits per heavy atom. The van der Waals surface area contributed by atoms with Gasteiger partial charge in [-0.1, -0.05) is 219 Å². The van der Waals surface area contributed by atoms with Crippen molar-refractivity contribution >= 4 is 17.9 Å². The molecule has 1 unspecified atom stereocenters. The van der Waals surface area contributed by atoms with Crippen LogP contribution in [0.5, 0.6) is 0 Å². The number of hydrogen-bond acceptors (Lipinski definition) is 6. The van der Waals surface area contributed by atoms with Crippen LogP contribution in [0.15, 0.2) is 134 Å². The van der Waals surface area contributed by atoms with Crippen molar-refractivity contribution < 1.29 is 28.6 Å². The van der Waals surface area contributed by atoms with Crippen LogP contribution in [0.4, 0.5) is 0 Å². The fraction of sp³-hybridized carbons (Fsp3) is 0.615. The summed E-state index contributed by atoms with van der Waals surface area (Å²) in [5.41, 5.74) is 0. The standard InChI is InChI=1S/C65H104O6/c1-4-7-10-13-16-19-22-25-27-28-29-30-31-32-33-34-35-36-38-40-43-46-49-52-55-58-64(67)70-61-62(60-69-63(66)57-54-51-48-45-42-39-24-21-18-15-12-9-6-3)71-65(68)59-56-53-50-47-44-41-37-26-23-20-17-14-11-8-5-2/h7,10,12,15-17,19-21,24-27,29-30,32-33,35-37,40,43,62H,4-6,8-9,11,13-14,18,22-23,28,31,34,38-39,41-42,44-61H2,1-3H3/b10-7-,15-12-,19-16-,20-17-,24-21-,27-25-,30-29-,33-32-,36-35-,37-26-,43-40-. The Bertz CT molecular complexity index is 1550. The van der Waals surface area contributed by atoms with Gasteiger partial charge in [-0.3, -0.25) is 14.4 Å². The maximum absolute atomic E-state index is 12.8. The Morgan fingerprint density at radius 1 is 0.296 bits per heavy atom. The second-order valence-corrected chi connectivity index (χ2v) is 18.5. The Kier molecular flexibility index (Phi) is 54.5. The van der Waals surface area contributed by atoms with Crippen molar-refractivity contribution in [3.05, 3.63) is 134 Å². The number of rotatable bonds is 50. The molecule has 0 radical (unpaired) electrons. The van der Waals surface area contributed by atoms with Gasteiger partial charge in [0.2, 0.25) is 0 Å². The van der Waals surface area contributed by atoms with Gasteiger partial charge in [-0.15, -0.1) is 0 Å². The van der Waals surface area contributed by atoms with Crippen molar-refractivity contribution in [3.63, 3.8) is 0 Å². The molecule has 71 heavy (non-hydrogen) atoms. The van der Waals surface area contributed by atoms with Gasteiger partial charge in [0.25, 0.3) is 0 Å². The summed E-state index contributed by atoms with van der Waals surface area (Å²) in [6.07, 6.45) is 81.5. The van der Waals surface area contributed by atoms with E-state index in [1.165, 1.54) is 32.1 Å². The van der Waals surface area contributed by atoms with Crippen LogP contribution >= 0.6 is 0 Å². The first kappa shape index (κ1) is 66.6. The van der Waals surface area contributed by atoms with Crippen LogP contribution in [0.2, 0.25) is 0 Å². The minimum absolute atomic E-state index is 0.106. The van der Waals surface area contributed by atoms with Crippen LogP contribution in [0.3, 0.4) is 0 Å². The van der Waals surface area contributed by atoms with Crippen molar-refractivity contribution in [2.24, 2.45) is 0 Å². The van der Waals surface area contributed by atoms with E-state index in [9.17, 15) is 14.4 Å². The van der Waals surface area contributed by atoms with E-state index in [1.54, 1.807) is 0 Å². The van der Waals surface area contributed by atoms with E-state index in [0.29, 0.717) is 19.3 Å². The molecule has 1 atom stereocenters. The van der Waals surface area contributed by atoms with Crippen molar-refractivity contribution in [1.82, 2.24) is 0 Å². The SMILES string of the molecule is CC/C=C\C/C=C\C/C=C\C/C=C\C/C=C\C/C=C\C/C=C\CCCCCC(=O)OCC(COC(=O)CCCCCCC/C=C\C/C=C\CCC)OC(=O)CCCCCCC/C=C\C/C=C\CCCCC. The van der Waals surface area contributed by atoms with Crippen molar-refractivity contribution in [3.8, 4) is 0 Å². The lowest BCUT2D eigenvalue weighted by atomic mass is 10.1. The minimum atomic E-state index is -0.810. The molecule has 0 spiro atoms. The van der Waals surface area contributed by atoms with Crippen LogP contribution in [0.25, 0.3) is 0 Å². The predicted octanol–water partition coefficient (Wildman–Crippen LogP) is 19.4. The number of hydrogen-bond donors (Lipinski definition) is 0. The zero-order valence-electron chi connectivity index (χ0n) is 45.7. The third-order valence-corrected chi connectivity index (χ3v) is 11.6. The summed E-state index contributed by atoms with van der Waals surface area (Å²) in [6.45, 7) is 6.37. The summed E-state index contributed by atoms with van der Waals surface area (Å²) in [6, 6.07) is 0. The van der Waals surface area contributed by atoms with Gasteiger partial charge in [-0.25, -0.2) is 0 Å². The number of esters is 3. The predicted molar refractivity (Wildman–Crippen MR) is 306 cm³/mol. The van der Waals surface area contributed by atoms with E-state index in [1.807, 2.05) is 0 Å². The second-order valence-electron chi connectivity index (χ2n) is 18.5. The summed E-state index contributed by atoms with van der Waals surface area (Å²) in [7, 11) is 0. The number of ether oxygens (including phenoxy) is 3. The molecule has 0 aliphatic carbocycles. The lowest BCUT2D eigenvalue weighted by Gasteiger charge is -2.18. The molecule has 6 heteroatoms. The molecule has 0 N–H and O–H groups in total. The van der Waals surface area contributed by atoms with E-state index in [4.69, 9.17) is 14.2 Å². The van der Waals surface area contributed by atoms with E-state index in [2.05, 4.69) is 154 Å².